The molecule has 57 heavy (non-hydrogen) atoms. The summed E-state index contributed by atoms with van der Waals surface area (Å²) in [5.74, 6) is 0.644. The Hall–Kier alpha value is -2.60. The first kappa shape index (κ1) is 75.3. The molecule has 3 aromatic carbocycles. The van der Waals surface area contributed by atoms with E-state index in [1.54, 1.807) is 26.2 Å². The summed E-state index contributed by atoms with van der Waals surface area (Å²) in [5, 5.41) is 8.92. The van der Waals surface area contributed by atoms with Crippen LogP contribution in [0.1, 0.15) is 166 Å². The molecule has 0 amide bonds. The van der Waals surface area contributed by atoms with Crippen LogP contribution in [0.15, 0.2) is 72.8 Å². The predicted molar refractivity (Wildman–Crippen MR) is 245 cm³/mol. The minimum absolute atomic E-state index is 0. The normalized spacial score (nSPS) is 13.6. The van der Waals surface area contributed by atoms with E-state index in [4.69, 9.17) is 19.4 Å². The van der Waals surface area contributed by atoms with Gasteiger partial charge in [-0.25, -0.2) is 0 Å². The molecule has 2 heterocycles. The summed E-state index contributed by atoms with van der Waals surface area (Å²) in [6.45, 7) is 37.1. The molecule has 1 fully saturated rings. The number of phenols is 1. The SMILES string of the molecule is C.C.CC.CC.CC.CC.CC[C-]=O.CN1C(C)(C)C[CH-]CC1(C)C.C[C-]=O.Cc1cccc2c1OC(=O)C2c1ccccc1.Cc1ccccc1O.[CH2-]C.[V+2].[V+2]. The van der Waals surface area contributed by atoms with Crippen LogP contribution in [-0.2, 0) is 51.5 Å². The average Bonchev–Trinajstić information content (AvgIpc) is 3.54. The molecule has 1 atom stereocenters. The number of aromatic hydroxyl groups is 1. The van der Waals surface area contributed by atoms with Crippen LogP contribution in [-0.4, -0.2) is 46.7 Å². The number of fused-ring (bicyclic) bond motifs is 1. The summed E-state index contributed by atoms with van der Waals surface area (Å²) in [7, 11) is 2.23. The smallest absolute Gasteiger partial charge is 0.542 e. The molecule has 326 valence electrons. The van der Waals surface area contributed by atoms with Gasteiger partial charge in [-0.2, -0.15) is 33.1 Å². The molecule has 6 nitrogen and oxygen atoms in total. The van der Waals surface area contributed by atoms with Gasteiger partial charge in [0.05, 0.1) is 0 Å². The maximum absolute atomic E-state index is 12.0. The van der Waals surface area contributed by atoms with Crippen molar-refractivity contribution in [2.45, 2.75) is 169 Å². The first-order valence-corrected chi connectivity index (χ1v) is 19.3. The van der Waals surface area contributed by atoms with Crippen LogP contribution in [0.5, 0.6) is 11.5 Å². The molecular formula is C49H85NO5V2. The van der Waals surface area contributed by atoms with Gasteiger partial charge in [0.2, 0.25) is 0 Å². The standard InChI is InChI=1S/C15H12O2.C10H20N.C7H8O.C3H5O.C2H3O.4C2H6.C2H5.2CH4.2V/c1-10-6-5-9-12-13(15(16)17-14(10)12)11-7-3-2-4-8-11;1-9(2)7-6-8-10(3,4)11(9)5;1-6-4-2-3-5-7(6)8;1-2-3-4;1-2-3;5*1-2;;;;/h2-9,13H,1H3;6H,7-8H2,1-5H3;2-5,8H,1H3;2H2,1H3;1H3;4*1-2H3;1H2,2H3;2*1H4;;/q;-1;;2*-1;;;;;-1;;;2*+2. The van der Waals surface area contributed by atoms with E-state index in [2.05, 4.69) is 53.0 Å². The van der Waals surface area contributed by atoms with E-state index in [1.807, 2.05) is 136 Å². The fourth-order valence-electron chi connectivity index (χ4n) is 4.72. The van der Waals surface area contributed by atoms with Crippen LogP contribution >= 0.6 is 0 Å². The summed E-state index contributed by atoms with van der Waals surface area (Å²) in [6.07, 6.45) is 8.54. The van der Waals surface area contributed by atoms with Crippen LogP contribution in [0.2, 0.25) is 0 Å². The zero-order valence-corrected chi connectivity index (χ0v) is 40.6. The van der Waals surface area contributed by atoms with Crippen LogP contribution in [0, 0.1) is 27.2 Å². The van der Waals surface area contributed by atoms with Gasteiger partial charge in [-0.3, -0.25) is 17.4 Å². The summed E-state index contributed by atoms with van der Waals surface area (Å²) < 4.78 is 5.37. The van der Waals surface area contributed by atoms with E-state index in [1.165, 1.54) is 26.1 Å². The maximum Gasteiger partial charge on any atom is 2.00 e. The van der Waals surface area contributed by atoms with Gasteiger partial charge in [-0.1, -0.05) is 144 Å². The molecule has 2 radical (unpaired) electrons. The van der Waals surface area contributed by atoms with Gasteiger partial charge in [-0.05, 0) is 82.4 Å². The van der Waals surface area contributed by atoms with Gasteiger partial charge in [0, 0.05) is 5.56 Å². The zero-order valence-electron chi connectivity index (χ0n) is 37.8. The van der Waals surface area contributed by atoms with Crippen LogP contribution in [0.25, 0.3) is 0 Å². The number of benzene rings is 3. The van der Waals surface area contributed by atoms with Crippen molar-refractivity contribution in [3.8, 4) is 11.5 Å². The number of carbonyl (C=O) groups excluding carboxylic acids is 3. The molecular weight excluding hydrogens is 784 g/mol. The first-order chi connectivity index (χ1) is 25.3. The molecule has 0 bridgehead atoms. The fraction of sp³-hybridized carbons (Fsp3) is 0.531. The Balaban J connectivity index is -0.0000000728. The largest absolute Gasteiger partial charge is 2.00 e. The predicted octanol–water partition coefficient (Wildman–Crippen LogP) is 14.1. The zero-order chi connectivity index (χ0) is 42.6. The monoisotopic (exact) mass is 870 g/mol. The average molecular weight is 870 g/mol. The van der Waals surface area contributed by atoms with Crippen LogP contribution in [0.4, 0.5) is 0 Å². The number of nitrogens with zero attached hydrogens (tertiary/aromatic N) is 1. The molecule has 1 unspecified atom stereocenters. The Bertz CT molecular complexity index is 1260. The first-order valence-electron chi connectivity index (χ1n) is 19.3. The third-order valence-electron chi connectivity index (χ3n) is 7.49. The number of phenolic OH excluding ortho intramolecular Hbond substituents is 1. The number of likely N-dealkylation sites (tertiary alicyclic amines) is 1. The molecule has 0 aliphatic carbocycles. The van der Waals surface area contributed by atoms with Crippen molar-refractivity contribution in [3.05, 3.63) is 108 Å². The van der Waals surface area contributed by atoms with E-state index in [0.717, 1.165) is 28.0 Å². The van der Waals surface area contributed by atoms with Gasteiger partial charge < -0.3 is 37.7 Å². The van der Waals surface area contributed by atoms with Crippen molar-refractivity contribution in [2.24, 2.45) is 0 Å². The Morgan fingerprint density at radius 3 is 1.46 bits per heavy atom. The number of ether oxygens (including phenoxy) is 1. The van der Waals surface area contributed by atoms with Gasteiger partial charge in [0.1, 0.15) is 17.4 Å². The van der Waals surface area contributed by atoms with Gasteiger partial charge >= 0.3 is 43.1 Å². The number of piperidine rings is 1. The number of aryl methyl sites for hydroxylation is 2. The van der Waals surface area contributed by atoms with E-state index < -0.39 is 0 Å². The molecule has 0 spiro atoms. The number of hydrogen-bond acceptors (Lipinski definition) is 6. The Morgan fingerprint density at radius 2 is 1.12 bits per heavy atom. The van der Waals surface area contributed by atoms with E-state index in [0.29, 0.717) is 23.2 Å². The molecule has 0 saturated carbocycles. The van der Waals surface area contributed by atoms with Crippen LogP contribution in [0.3, 0.4) is 0 Å². The third-order valence-corrected chi connectivity index (χ3v) is 7.49. The molecule has 8 heteroatoms. The number of esters is 1. The van der Waals surface area contributed by atoms with E-state index in [-0.39, 0.29) is 63.9 Å². The van der Waals surface area contributed by atoms with Crippen molar-refractivity contribution in [1.29, 1.82) is 0 Å². The molecule has 2 aliphatic rings. The summed E-state index contributed by atoms with van der Waals surface area (Å²) in [6, 6.07) is 22.9. The Kier molecular flexibility index (Phi) is 63.1. The Labute approximate surface area is 378 Å². The molecule has 2 aliphatic heterocycles. The number of carbonyl (C=O) groups is 1. The molecule has 1 saturated heterocycles. The third kappa shape index (κ3) is 31.1. The van der Waals surface area contributed by atoms with Gasteiger partial charge in [-0.15, -0.1) is 0 Å². The second-order valence-corrected chi connectivity index (χ2v) is 11.6. The topological polar surface area (TPSA) is 83.9 Å². The minimum atomic E-state index is -0.272. The number of para-hydroxylation sites is 2. The van der Waals surface area contributed by atoms with Gasteiger partial charge in [0.25, 0.3) is 0 Å². The Morgan fingerprint density at radius 1 is 0.754 bits per heavy atom. The molecule has 0 aromatic heterocycles. The van der Waals surface area contributed by atoms with Crippen molar-refractivity contribution in [3.63, 3.8) is 0 Å². The van der Waals surface area contributed by atoms with Crippen LogP contribution < -0.4 is 4.74 Å². The molecule has 5 rings (SSSR count). The fourth-order valence-corrected chi connectivity index (χ4v) is 4.72. The van der Waals surface area contributed by atoms with Crippen molar-refractivity contribution in [2.75, 3.05) is 7.05 Å². The van der Waals surface area contributed by atoms with E-state index >= 15 is 0 Å². The quantitative estimate of drug-likeness (QED) is 0.157. The number of rotatable bonds is 2. The van der Waals surface area contributed by atoms with Crippen molar-refractivity contribution in [1.82, 2.24) is 4.90 Å². The van der Waals surface area contributed by atoms with Crippen molar-refractivity contribution >= 4 is 18.5 Å². The summed E-state index contributed by atoms with van der Waals surface area (Å²) in [4.78, 5) is 32.2. The molecule has 1 N–H and O–H groups in total. The van der Waals surface area contributed by atoms with E-state index in [9.17, 15) is 4.79 Å². The van der Waals surface area contributed by atoms with Gasteiger partial charge in [0.15, 0.2) is 0 Å². The summed E-state index contributed by atoms with van der Waals surface area (Å²) in [5.41, 5.74) is 4.59. The second kappa shape index (κ2) is 47.8. The van der Waals surface area contributed by atoms with Crippen molar-refractivity contribution < 1.29 is 61.3 Å². The summed E-state index contributed by atoms with van der Waals surface area (Å²) >= 11 is 0. The second-order valence-electron chi connectivity index (χ2n) is 11.6. The minimum Gasteiger partial charge on any atom is -0.542 e. The number of hydrogen-bond donors (Lipinski definition) is 1. The maximum atomic E-state index is 12.0. The molecule has 3 aromatic rings.